The number of furan rings is 1. The minimum Gasteiger partial charge on any atom is -0.459 e. The van der Waals surface area contributed by atoms with Crippen LogP contribution >= 0.6 is 11.3 Å². The molecule has 1 atom stereocenters. The van der Waals surface area contributed by atoms with E-state index in [1.165, 1.54) is 11.8 Å². The molecule has 156 valence electrons. The standard InChI is InChI=1S/C23H25N3O3S/c1-16-25-20(15-30-16)18-8-6-17(7-9-18)10-11-24-22(27)19-4-2-12-26(14-19)23(28)21-5-3-13-29-21/h3,5-9,13,15,19H,2,4,10-12,14H2,1H3,(H,24,27)/t19-/m0/s1. The van der Waals surface area contributed by atoms with Crippen LogP contribution in [0.15, 0.2) is 52.5 Å². The summed E-state index contributed by atoms with van der Waals surface area (Å²) in [6.07, 6.45) is 3.88. The fourth-order valence-electron chi connectivity index (χ4n) is 3.74. The maximum Gasteiger partial charge on any atom is 0.289 e. The Bertz CT molecular complexity index is 995. The van der Waals surface area contributed by atoms with Crippen molar-refractivity contribution in [1.82, 2.24) is 15.2 Å². The number of aromatic nitrogens is 1. The highest BCUT2D eigenvalue weighted by Gasteiger charge is 2.29. The quantitative estimate of drug-likeness (QED) is 0.652. The Morgan fingerprint density at radius 3 is 2.80 bits per heavy atom. The van der Waals surface area contributed by atoms with Crippen LogP contribution in [0.5, 0.6) is 0 Å². The summed E-state index contributed by atoms with van der Waals surface area (Å²) >= 11 is 1.65. The number of nitrogens with zero attached hydrogens (tertiary/aromatic N) is 2. The molecule has 3 heterocycles. The maximum absolute atomic E-state index is 12.6. The second kappa shape index (κ2) is 9.26. The number of benzene rings is 1. The Hall–Kier alpha value is -2.93. The van der Waals surface area contributed by atoms with Crippen molar-refractivity contribution < 1.29 is 14.0 Å². The normalized spacial score (nSPS) is 16.4. The zero-order valence-electron chi connectivity index (χ0n) is 17.0. The van der Waals surface area contributed by atoms with Crippen molar-refractivity contribution in [2.75, 3.05) is 19.6 Å². The molecule has 0 bridgehead atoms. The zero-order valence-corrected chi connectivity index (χ0v) is 17.8. The van der Waals surface area contributed by atoms with Crippen LogP contribution in [0, 0.1) is 12.8 Å². The molecular weight excluding hydrogens is 398 g/mol. The average molecular weight is 424 g/mol. The van der Waals surface area contributed by atoms with Crippen molar-refractivity contribution in [2.45, 2.75) is 26.2 Å². The predicted molar refractivity (Wildman–Crippen MR) is 116 cm³/mol. The van der Waals surface area contributed by atoms with Crippen LogP contribution in [0.3, 0.4) is 0 Å². The molecule has 4 rings (SSSR count). The van der Waals surface area contributed by atoms with Crippen molar-refractivity contribution in [1.29, 1.82) is 0 Å². The van der Waals surface area contributed by atoms with Gasteiger partial charge in [0.25, 0.3) is 5.91 Å². The molecule has 3 aromatic rings. The van der Waals surface area contributed by atoms with Gasteiger partial charge in [-0.2, -0.15) is 0 Å². The van der Waals surface area contributed by atoms with Gasteiger partial charge in [-0.05, 0) is 43.9 Å². The third kappa shape index (κ3) is 4.79. The second-order valence-electron chi connectivity index (χ2n) is 7.56. The topological polar surface area (TPSA) is 75.4 Å². The van der Waals surface area contributed by atoms with Gasteiger partial charge in [-0.25, -0.2) is 4.98 Å². The fourth-order valence-corrected chi connectivity index (χ4v) is 4.37. The van der Waals surface area contributed by atoms with E-state index in [2.05, 4.69) is 39.9 Å². The van der Waals surface area contributed by atoms with Gasteiger partial charge in [-0.15, -0.1) is 11.3 Å². The molecule has 2 amide bonds. The van der Waals surface area contributed by atoms with E-state index in [-0.39, 0.29) is 17.7 Å². The first-order chi connectivity index (χ1) is 14.6. The van der Waals surface area contributed by atoms with Crippen molar-refractivity contribution in [2.24, 2.45) is 5.92 Å². The molecule has 0 aliphatic carbocycles. The lowest BCUT2D eigenvalue weighted by molar-refractivity contribution is -0.126. The number of carbonyl (C=O) groups excluding carboxylic acids is 2. The number of likely N-dealkylation sites (tertiary alicyclic amines) is 1. The molecule has 1 N–H and O–H groups in total. The lowest BCUT2D eigenvalue weighted by Gasteiger charge is -2.31. The molecule has 0 saturated carbocycles. The molecule has 30 heavy (non-hydrogen) atoms. The number of thiazole rings is 1. The van der Waals surface area contributed by atoms with Gasteiger partial charge in [0.1, 0.15) is 0 Å². The zero-order chi connectivity index (χ0) is 20.9. The molecule has 6 nitrogen and oxygen atoms in total. The highest BCUT2D eigenvalue weighted by atomic mass is 32.1. The number of piperidine rings is 1. The summed E-state index contributed by atoms with van der Waals surface area (Å²) in [7, 11) is 0. The summed E-state index contributed by atoms with van der Waals surface area (Å²) in [4.78, 5) is 31.3. The van der Waals surface area contributed by atoms with E-state index in [1.54, 1.807) is 28.4 Å². The van der Waals surface area contributed by atoms with E-state index in [0.29, 0.717) is 25.4 Å². The van der Waals surface area contributed by atoms with Crippen LogP contribution in [0.25, 0.3) is 11.3 Å². The van der Waals surface area contributed by atoms with Gasteiger partial charge in [0, 0.05) is 30.6 Å². The monoisotopic (exact) mass is 423 g/mol. The molecule has 1 aliphatic rings. The molecule has 0 unspecified atom stereocenters. The number of aryl methyl sites for hydroxylation is 1. The van der Waals surface area contributed by atoms with Gasteiger partial charge in [-0.1, -0.05) is 24.3 Å². The SMILES string of the molecule is Cc1nc(-c2ccc(CCNC(=O)[C@H]3CCCN(C(=O)c4ccco4)C3)cc2)cs1. The van der Waals surface area contributed by atoms with Crippen molar-refractivity contribution in [3.05, 3.63) is 64.4 Å². The Labute approximate surface area is 179 Å². The first kappa shape index (κ1) is 20.3. The Morgan fingerprint density at radius 1 is 1.27 bits per heavy atom. The number of nitrogens with one attached hydrogen (secondary N) is 1. The van der Waals surface area contributed by atoms with E-state index in [9.17, 15) is 9.59 Å². The van der Waals surface area contributed by atoms with Crippen LogP contribution in [0.1, 0.15) is 34.0 Å². The van der Waals surface area contributed by atoms with Gasteiger partial charge < -0.3 is 14.6 Å². The average Bonchev–Trinajstić information content (AvgIpc) is 3.46. The molecule has 1 saturated heterocycles. The molecule has 1 fully saturated rings. The minimum atomic E-state index is -0.173. The number of hydrogen-bond donors (Lipinski definition) is 1. The van der Waals surface area contributed by atoms with E-state index >= 15 is 0 Å². The van der Waals surface area contributed by atoms with Crippen LogP contribution in [-0.4, -0.2) is 41.3 Å². The summed E-state index contributed by atoms with van der Waals surface area (Å²) in [5, 5.41) is 6.16. The highest BCUT2D eigenvalue weighted by Crippen LogP contribution is 2.22. The minimum absolute atomic E-state index is 0.0153. The van der Waals surface area contributed by atoms with Gasteiger partial charge in [0.2, 0.25) is 5.91 Å². The Balaban J connectivity index is 1.25. The molecule has 0 radical (unpaired) electrons. The van der Waals surface area contributed by atoms with Crippen LogP contribution in [0.4, 0.5) is 0 Å². The number of hydrogen-bond acceptors (Lipinski definition) is 5. The first-order valence-corrected chi connectivity index (χ1v) is 11.1. The highest BCUT2D eigenvalue weighted by molar-refractivity contribution is 7.09. The van der Waals surface area contributed by atoms with Gasteiger partial charge >= 0.3 is 0 Å². The van der Waals surface area contributed by atoms with Crippen LogP contribution < -0.4 is 5.32 Å². The molecule has 2 aromatic heterocycles. The molecule has 1 aromatic carbocycles. The van der Waals surface area contributed by atoms with Crippen molar-refractivity contribution in [3.8, 4) is 11.3 Å². The summed E-state index contributed by atoms with van der Waals surface area (Å²) in [6, 6.07) is 11.7. The molecule has 1 aliphatic heterocycles. The number of rotatable bonds is 6. The van der Waals surface area contributed by atoms with Crippen LogP contribution in [-0.2, 0) is 11.2 Å². The largest absolute Gasteiger partial charge is 0.459 e. The molecule has 7 heteroatoms. The van der Waals surface area contributed by atoms with Gasteiger partial charge in [-0.3, -0.25) is 9.59 Å². The van der Waals surface area contributed by atoms with Gasteiger partial charge in [0.15, 0.2) is 5.76 Å². The number of carbonyl (C=O) groups is 2. The Kier molecular flexibility index (Phi) is 6.28. The summed E-state index contributed by atoms with van der Waals surface area (Å²) < 4.78 is 5.20. The number of amides is 2. The maximum atomic E-state index is 12.6. The summed E-state index contributed by atoms with van der Waals surface area (Å²) in [5.41, 5.74) is 3.28. The Morgan fingerprint density at radius 2 is 2.10 bits per heavy atom. The third-order valence-electron chi connectivity index (χ3n) is 5.39. The van der Waals surface area contributed by atoms with E-state index in [0.717, 1.165) is 35.5 Å². The van der Waals surface area contributed by atoms with Crippen molar-refractivity contribution >= 4 is 23.2 Å². The predicted octanol–water partition coefficient (Wildman–Crippen LogP) is 3.92. The second-order valence-corrected chi connectivity index (χ2v) is 8.62. The molecule has 0 spiro atoms. The molecular formula is C23H25N3O3S. The first-order valence-electron chi connectivity index (χ1n) is 10.2. The third-order valence-corrected chi connectivity index (χ3v) is 6.17. The smallest absolute Gasteiger partial charge is 0.289 e. The van der Waals surface area contributed by atoms with Crippen LogP contribution in [0.2, 0.25) is 0 Å². The van der Waals surface area contributed by atoms with Gasteiger partial charge in [0.05, 0.1) is 22.9 Å². The van der Waals surface area contributed by atoms with Crippen molar-refractivity contribution in [3.63, 3.8) is 0 Å². The lowest BCUT2D eigenvalue weighted by atomic mass is 9.96. The fraction of sp³-hybridized carbons (Fsp3) is 0.348. The summed E-state index contributed by atoms with van der Waals surface area (Å²) in [6.45, 7) is 3.68. The van der Waals surface area contributed by atoms with E-state index in [4.69, 9.17) is 4.42 Å². The van der Waals surface area contributed by atoms with E-state index < -0.39 is 0 Å². The van der Waals surface area contributed by atoms with E-state index in [1.807, 2.05) is 6.92 Å². The summed E-state index contributed by atoms with van der Waals surface area (Å²) in [5.74, 6) is 0.0228. The lowest BCUT2D eigenvalue weighted by Crippen LogP contribution is -2.45.